The van der Waals surface area contributed by atoms with Gasteiger partial charge in [0.1, 0.15) is 0 Å². The van der Waals surface area contributed by atoms with Gasteiger partial charge in [-0.05, 0) is 63.7 Å². The van der Waals surface area contributed by atoms with Crippen molar-refractivity contribution in [3.63, 3.8) is 0 Å². The molecular weight excluding hydrogens is 278 g/mol. The van der Waals surface area contributed by atoms with E-state index in [-0.39, 0.29) is 0 Å². The van der Waals surface area contributed by atoms with Crippen LogP contribution in [0.15, 0.2) is 35.6 Å². The molecule has 1 rings (SSSR count). The Morgan fingerprint density at radius 2 is 1.65 bits per heavy atom. The molecule has 0 aromatic heterocycles. The predicted octanol–water partition coefficient (Wildman–Crippen LogP) is 7.09. The van der Waals surface area contributed by atoms with Gasteiger partial charge in [-0.15, -0.1) is 0 Å². The van der Waals surface area contributed by atoms with E-state index in [4.69, 9.17) is 0 Å². The minimum Gasteiger partial charge on any atom is -0.355 e. The first-order chi connectivity index (χ1) is 10.8. The molecule has 1 aromatic rings. The number of allylic oxidation sites excluding steroid dienone is 2. The molecule has 1 atom stereocenters. The molecule has 0 aliphatic rings. The second-order valence-electron chi connectivity index (χ2n) is 7.05. The van der Waals surface area contributed by atoms with Crippen LogP contribution in [0.3, 0.4) is 0 Å². The van der Waals surface area contributed by atoms with Gasteiger partial charge in [0.2, 0.25) is 0 Å². The van der Waals surface area contributed by atoms with E-state index >= 15 is 0 Å². The van der Waals surface area contributed by atoms with E-state index in [1.807, 2.05) is 0 Å². The Kier molecular flexibility index (Phi) is 7.61. The molecule has 128 valence electrons. The maximum absolute atomic E-state index is 4.29. The Labute approximate surface area is 143 Å². The number of aryl methyl sites for hydroxylation is 3. The third-order valence-electron chi connectivity index (χ3n) is 4.91. The van der Waals surface area contributed by atoms with Crippen LogP contribution in [0.25, 0.3) is 0 Å². The van der Waals surface area contributed by atoms with Crippen LogP contribution < -0.4 is 5.32 Å². The van der Waals surface area contributed by atoms with Crippen LogP contribution in [0, 0.1) is 26.7 Å². The van der Waals surface area contributed by atoms with E-state index in [1.54, 1.807) is 0 Å². The first-order valence-electron chi connectivity index (χ1n) is 9.00. The molecule has 0 aliphatic heterocycles. The first-order valence-corrected chi connectivity index (χ1v) is 9.00. The van der Waals surface area contributed by atoms with Gasteiger partial charge in [0.05, 0.1) is 0 Å². The van der Waals surface area contributed by atoms with Crippen molar-refractivity contribution in [2.75, 3.05) is 5.32 Å². The van der Waals surface area contributed by atoms with Gasteiger partial charge < -0.3 is 5.32 Å². The first kappa shape index (κ1) is 19.5. The zero-order valence-corrected chi connectivity index (χ0v) is 16.3. The second kappa shape index (κ2) is 8.96. The lowest BCUT2D eigenvalue weighted by Gasteiger charge is -2.20. The summed E-state index contributed by atoms with van der Waals surface area (Å²) < 4.78 is 0. The standard InChI is InChI=1S/C22H35N/c1-9-11-21(10-2)14-16(4)19(7)20(8)23-22-17(5)12-15(3)13-18(22)6/h12-13,21,23H,8-11,14H2,1-7H3/b19-16+. The molecule has 0 bridgehead atoms. The smallest absolute Gasteiger partial charge is 0.0443 e. The molecule has 0 radical (unpaired) electrons. The van der Waals surface area contributed by atoms with Gasteiger partial charge in [-0.3, -0.25) is 0 Å². The Hall–Kier alpha value is -1.50. The van der Waals surface area contributed by atoms with Gasteiger partial charge in [-0.1, -0.05) is 63.0 Å². The van der Waals surface area contributed by atoms with Crippen LogP contribution in [0.1, 0.15) is 70.1 Å². The van der Waals surface area contributed by atoms with Crippen LogP contribution in [0.4, 0.5) is 5.69 Å². The van der Waals surface area contributed by atoms with Gasteiger partial charge >= 0.3 is 0 Å². The summed E-state index contributed by atoms with van der Waals surface area (Å²) in [5.41, 5.74) is 8.88. The predicted molar refractivity (Wildman–Crippen MR) is 105 cm³/mol. The highest BCUT2D eigenvalue weighted by atomic mass is 14.9. The Morgan fingerprint density at radius 3 is 2.13 bits per heavy atom. The molecule has 1 N–H and O–H groups in total. The van der Waals surface area contributed by atoms with Crippen LogP contribution in [0.5, 0.6) is 0 Å². The highest BCUT2D eigenvalue weighted by Crippen LogP contribution is 2.28. The Bertz CT molecular complexity index is 555. The van der Waals surface area contributed by atoms with Crippen molar-refractivity contribution >= 4 is 5.69 Å². The Balaban J connectivity index is 2.90. The van der Waals surface area contributed by atoms with E-state index in [2.05, 4.69) is 72.5 Å². The molecule has 23 heavy (non-hydrogen) atoms. The number of hydrogen-bond acceptors (Lipinski definition) is 1. The molecule has 0 fully saturated rings. The van der Waals surface area contributed by atoms with Crippen LogP contribution >= 0.6 is 0 Å². The number of nitrogens with one attached hydrogen (secondary N) is 1. The molecule has 0 amide bonds. The molecule has 1 aromatic carbocycles. The highest BCUT2D eigenvalue weighted by Gasteiger charge is 2.11. The monoisotopic (exact) mass is 313 g/mol. The fourth-order valence-corrected chi connectivity index (χ4v) is 3.32. The summed E-state index contributed by atoms with van der Waals surface area (Å²) in [5, 5.41) is 3.56. The molecule has 0 saturated carbocycles. The molecule has 0 aliphatic carbocycles. The minimum atomic E-state index is 0.797. The summed E-state index contributed by atoms with van der Waals surface area (Å²) in [7, 11) is 0. The summed E-state index contributed by atoms with van der Waals surface area (Å²) in [5.74, 6) is 0.797. The molecule has 0 spiro atoms. The van der Waals surface area contributed by atoms with Crippen molar-refractivity contribution in [3.05, 3.63) is 52.2 Å². The van der Waals surface area contributed by atoms with Crippen LogP contribution in [0.2, 0.25) is 0 Å². The second-order valence-corrected chi connectivity index (χ2v) is 7.05. The van der Waals surface area contributed by atoms with E-state index in [9.17, 15) is 0 Å². The lowest BCUT2D eigenvalue weighted by molar-refractivity contribution is 0.459. The third-order valence-corrected chi connectivity index (χ3v) is 4.91. The zero-order valence-electron chi connectivity index (χ0n) is 16.3. The van der Waals surface area contributed by atoms with Gasteiger partial charge in [0.15, 0.2) is 0 Å². The average Bonchev–Trinajstić information content (AvgIpc) is 2.49. The van der Waals surface area contributed by atoms with Gasteiger partial charge in [-0.25, -0.2) is 0 Å². The minimum absolute atomic E-state index is 0.797. The van der Waals surface area contributed by atoms with Gasteiger partial charge in [0.25, 0.3) is 0 Å². The van der Waals surface area contributed by atoms with Crippen molar-refractivity contribution in [1.82, 2.24) is 0 Å². The normalized spacial score (nSPS) is 13.5. The molecule has 1 unspecified atom stereocenters. The average molecular weight is 314 g/mol. The van der Waals surface area contributed by atoms with E-state index in [0.717, 1.165) is 11.6 Å². The summed E-state index contributed by atoms with van der Waals surface area (Å²) in [6.45, 7) is 19.8. The van der Waals surface area contributed by atoms with E-state index in [0.29, 0.717) is 0 Å². The van der Waals surface area contributed by atoms with Crippen LogP contribution in [-0.4, -0.2) is 0 Å². The lowest BCUT2D eigenvalue weighted by atomic mass is 9.91. The van der Waals surface area contributed by atoms with Gasteiger partial charge in [0, 0.05) is 11.4 Å². The highest BCUT2D eigenvalue weighted by molar-refractivity contribution is 5.63. The number of rotatable bonds is 8. The summed E-state index contributed by atoms with van der Waals surface area (Å²) in [4.78, 5) is 0. The number of benzene rings is 1. The Morgan fingerprint density at radius 1 is 1.09 bits per heavy atom. The van der Waals surface area contributed by atoms with E-state index < -0.39 is 0 Å². The third kappa shape index (κ3) is 5.57. The quantitative estimate of drug-likeness (QED) is 0.505. The van der Waals surface area contributed by atoms with Gasteiger partial charge in [-0.2, -0.15) is 0 Å². The molecular formula is C22H35N. The summed E-state index contributed by atoms with van der Waals surface area (Å²) >= 11 is 0. The molecule has 1 nitrogen and oxygen atoms in total. The SMILES string of the molecule is C=C(Nc1c(C)cc(C)cc1C)/C(C)=C(\C)CC(CC)CCC. The molecule has 0 heterocycles. The number of hydrogen-bond donors (Lipinski definition) is 1. The largest absolute Gasteiger partial charge is 0.355 e. The van der Waals surface area contributed by atoms with Crippen molar-refractivity contribution in [2.45, 2.75) is 74.1 Å². The fourth-order valence-electron chi connectivity index (χ4n) is 3.32. The topological polar surface area (TPSA) is 12.0 Å². The number of anilines is 1. The fraction of sp³-hybridized carbons (Fsp3) is 0.545. The summed E-state index contributed by atoms with van der Waals surface area (Å²) in [6.07, 6.45) is 5.03. The van der Waals surface area contributed by atoms with Crippen molar-refractivity contribution < 1.29 is 0 Å². The van der Waals surface area contributed by atoms with Crippen molar-refractivity contribution in [3.8, 4) is 0 Å². The maximum Gasteiger partial charge on any atom is 0.0443 e. The van der Waals surface area contributed by atoms with Crippen molar-refractivity contribution in [1.29, 1.82) is 0 Å². The molecule has 0 saturated heterocycles. The molecule has 1 heteroatoms. The summed E-state index contributed by atoms with van der Waals surface area (Å²) in [6, 6.07) is 4.45. The van der Waals surface area contributed by atoms with Crippen LogP contribution in [-0.2, 0) is 0 Å². The lowest BCUT2D eigenvalue weighted by Crippen LogP contribution is -2.06. The maximum atomic E-state index is 4.29. The van der Waals surface area contributed by atoms with E-state index in [1.165, 1.54) is 59.2 Å². The van der Waals surface area contributed by atoms with Crippen molar-refractivity contribution in [2.24, 2.45) is 5.92 Å². The zero-order chi connectivity index (χ0) is 17.6.